The van der Waals surface area contributed by atoms with Gasteiger partial charge in [0, 0.05) is 23.9 Å². The predicted octanol–water partition coefficient (Wildman–Crippen LogP) is 3.31. The second-order valence-corrected chi connectivity index (χ2v) is 6.82. The van der Waals surface area contributed by atoms with Crippen LogP contribution in [0.15, 0.2) is 59.8 Å². The van der Waals surface area contributed by atoms with Gasteiger partial charge in [-0.2, -0.15) is 5.10 Å². The largest absolute Gasteiger partial charge is 0.337 e. The fourth-order valence-corrected chi connectivity index (χ4v) is 3.93. The first-order chi connectivity index (χ1) is 11.8. The van der Waals surface area contributed by atoms with Gasteiger partial charge in [-0.15, -0.1) is 5.10 Å². The van der Waals surface area contributed by atoms with Crippen LogP contribution in [-0.4, -0.2) is 33.3 Å². The molecular formula is C19H17N3OS. The highest BCUT2D eigenvalue weighted by Crippen LogP contribution is 2.26. The zero-order valence-electron chi connectivity index (χ0n) is 13.2. The molecule has 0 spiro atoms. The van der Waals surface area contributed by atoms with Gasteiger partial charge in [0.15, 0.2) is 0 Å². The summed E-state index contributed by atoms with van der Waals surface area (Å²) in [5.74, 6) is 0.550. The molecule has 3 aromatic rings. The van der Waals surface area contributed by atoms with Gasteiger partial charge in [0.05, 0.1) is 11.9 Å². The highest BCUT2D eigenvalue weighted by atomic mass is 32.2. The van der Waals surface area contributed by atoms with E-state index in [0.717, 1.165) is 28.8 Å². The number of hydrogen-bond donors (Lipinski definition) is 0. The number of carbonyl (C=O) groups excluding carboxylic acids is 1. The zero-order valence-corrected chi connectivity index (χ0v) is 14.0. The molecule has 4 rings (SSSR count). The van der Waals surface area contributed by atoms with Crippen molar-refractivity contribution >= 4 is 28.4 Å². The van der Waals surface area contributed by atoms with Crippen molar-refractivity contribution in [2.75, 3.05) is 12.3 Å². The molecular weight excluding hydrogens is 318 g/mol. The van der Waals surface area contributed by atoms with Crippen LogP contribution in [0.1, 0.15) is 11.1 Å². The van der Waals surface area contributed by atoms with Gasteiger partial charge in [0.2, 0.25) is 5.91 Å². The number of amides is 1. The molecule has 0 radical (unpaired) electrons. The molecule has 5 heteroatoms. The number of fused-ring (bicyclic) bond motifs is 2. The van der Waals surface area contributed by atoms with Crippen LogP contribution in [0.5, 0.6) is 0 Å². The van der Waals surface area contributed by atoms with E-state index in [-0.39, 0.29) is 5.91 Å². The van der Waals surface area contributed by atoms with Crippen LogP contribution in [0.3, 0.4) is 0 Å². The number of aromatic nitrogens is 2. The summed E-state index contributed by atoms with van der Waals surface area (Å²) in [6, 6.07) is 16.4. The third kappa shape index (κ3) is 2.99. The topological polar surface area (TPSA) is 46.1 Å². The maximum atomic E-state index is 12.6. The van der Waals surface area contributed by atoms with E-state index in [9.17, 15) is 4.79 Å². The summed E-state index contributed by atoms with van der Waals surface area (Å²) >= 11 is 1.47. The summed E-state index contributed by atoms with van der Waals surface area (Å²) in [5.41, 5.74) is 2.61. The average Bonchev–Trinajstić information content (AvgIpc) is 2.65. The first kappa shape index (κ1) is 15.1. The first-order valence-electron chi connectivity index (χ1n) is 7.99. The van der Waals surface area contributed by atoms with Crippen LogP contribution in [0.4, 0.5) is 0 Å². The smallest absolute Gasteiger partial charge is 0.233 e. The molecule has 2 heterocycles. The highest BCUT2D eigenvalue weighted by molar-refractivity contribution is 8.00. The van der Waals surface area contributed by atoms with E-state index in [1.807, 2.05) is 35.2 Å². The van der Waals surface area contributed by atoms with Gasteiger partial charge < -0.3 is 4.90 Å². The highest BCUT2D eigenvalue weighted by Gasteiger charge is 2.20. The Bertz CT molecular complexity index is 891. The minimum Gasteiger partial charge on any atom is -0.337 e. The molecule has 1 aromatic heterocycles. The summed E-state index contributed by atoms with van der Waals surface area (Å²) in [5, 5.41) is 11.2. The third-order valence-corrected chi connectivity index (χ3v) is 5.32. The minimum absolute atomic E-state index is 0.157. The molecule has 2 aromatic carbocycles. The van der Waals surface area contributed by atoms with Gasteiger partial charge in [-0.05, 0) is 17.5 Å². The molecule has 1 aliphatic heterocycles. The fraction of sp³-hybridized carbons (Fsp3) is 0.211. The Morgan fingerprint density at radius 1 is 1.08 bits per heavy atom. The van der Waals surface area contributed by atoms with Crippen molar-refractivity contribution in [2.45, 2.75) is 18.0 Å². The number of thioether (sulfide) groups is 1. The Morgan fingerprint density at radius 2 is 1.88 bits per heavy atom. The van der Waals surface area contributed by atoms with Crippen molar-refractivity contribution in [1.29, 1.82) is 0 Å². The molecule has 0 saturated carbocycles. The lowest BCUT2D eigenvalue weighted by Gasteiger charge is -2.28. The molecule has 0 bridgehead atoms. The first-order valence-corrected chi connectivity index (χ1v) is 8.97. The van der Waals surface area contributed by atoms with E-state index in [2.05, 4.69) is 28.4 Å². The summed E-state index contributed by atoms with van der Waals surface area (Å²) in [7, 11) is 0. The number of hydrogen-bond acceptors (Lipinski definition) is 4. The Labute approximate surface area is 144 Å². The summed E-state index contributed by atoms with van der Waals surface area (Å²) in [6.45, 7) is 1.49. The molecule has 0 atom stereocenters. The lowest BCUT2D eigenvalue weighted by Crippen LogP contribution is -2.37. The van der Waals surface area contributed by atoms with Crippen molar-refractivity contribution in [3.05, 3.63) is 65.9 Å². The zero-order chi connectivity index (χ0) is 16.4. The van der Waals surface area contributed by atoms with Crippen molar-refractivity contribution in [2.24, 2.45) is 0 Å². The monoisotopic (exact) mass is 335 g/mol. The van der Waals surface area contributed by atoms with E-state index in [4.69, 9.17) is 0 Å². The molecule has 1 aliphatic rings. The molecule has 4 nitrogen and oxygen atoms in total. The Kier molecular flexibility index (Phi) is 4.17. The van der Waals surface area contributed by atoms with Gasteiger partial charge in [-0.3, -0.25) is 4.79 Å². The maximum Gasteiger partial charge on any atom is 0.233 e. The molecule has 0 N–H and O–H groups in total. The van der Waals surface area contributed by atoms with Crippen LogP contribution in [0.2, 0.25) is 0 Å². The van der Waals surface area contributed by atoms with E-state index < -0.39 is 0 Å². The summed E-state index contributed by atoms with van der Waals surface area (Å²) < 4.78 is 0. The summed E-state index contributed by atoms with van der Waals surface area (Å²) in [6.07, 6.45) is 2.68. The number of carbonyl (C=O) groups is 1. The van der Waals surface area contributed by atoms with Crippen LogP contribution in [0.25, 0.3) is 10.8 Å². The Hall–Kier alpha value is -2.40. The number of benzene rings is 2. The minimum atomic E-state index is 0.157. The SMILES string of the molecule is O=C(CSc1nncc2ccccc12)N1CCc2ccccc2C1. The molecule has 0 unspecified atom stereocenters. The van der Waals surface area contributed by atoms with Crippen molar-refractivity contribution in [3.8, 4) is 0 Å². The number of nitrogens with zero attached hydrogens (tertiary/aromatic N) is 3. The van der Waals surface area contributed by atoms with Crippen LogP contribution < -0.4 is 0 Å². The van der Waals surface area contributed by atoms with E-state index in [0.29, 0.717) is 12.3 Å². The predicted molar refractivity (Wildman–Crippen MR) is 95.8 cm³/mol. The number of rotatable bonds is 3. The van der Waals surface area contributed by atoms with Crippen LogP contribution >= 0.6 is 11.8 Å². The van der Waals surface area contributed by atoms with Gasteiger partial charge in [-0.25, -0.2) is 0 Å². The van der Waals surface area contributed by atoms with Gasteiger partial charge in [0.25, 0.3) is 0 Å². The average molecular weight is 335 g/mol. The molecule has 120 valence electrons. The molecule has 24 heavy (non-hydrogen) atoms. The van der Waals surface area contributed by atoms with Crippen molar-refractivity contribution < 1.29 is 4.79 Å². The van der Waals surface area contributed by atoms with Gasteiger partial charge in [0.1, 0.15) is 5.03 Å². The van der Waals surface area contributed by atoms with Crippen LogP contribution in [-0.2, 0) is 17.8 Å². The van der Waals surface area contributed by atoms with E-state index >= 15 is 0 Å². The standard InChI is InChI=1S/C19H17N3OS/c23-18(22-10-9-14-5-1-2-7-16(14)12-22)13-24-19-17-8-4-3-6-15(17)11-20-21-19/h1-8,11H,9-10,12-13H2. The van der Waals surface area contributed by atoms with Crippen LogP contribution in [0, 0.1) is 0 Å². The third-order valence-electron chi connectivity index (χ3n) is 4.35. The van der Waals surface area contributed by atoms with Gasteiger partial charge >= 0.3 is 0 Å². The van der Waals surface area contributed by atoms with E-state index in [1.165, 1.54) is 22.9 Å². The van der Waals surface area contributed by atoms with Crippen molar-refractivity contribution in [1.82, 2.24) is 15.1 Å². The molecule has 0 saturated heterocycles. The molecule has 1 amide bonds. The normalized spacial score (nSPS) is 13.8. The molecule has 0 aliphatic carbocycles. The quantitative estimate of drug-likeness (QED) is 0.689. The van der Waals surface area contributed by atoms with E-state index in [1.54, 1.807) is 6.20 Å². The van der Waals surface area contributed by atoms with Crippen molar-refractivity contribution in [3.63, 3.8) is 0 Å². The fourth-order valence-electron chi connectivity index (χ4n) is 3.04. The Morgan fingerprint density at radius 3 is 2.79 bits per heavy atom. The molecule has 0 fully saturated rings. The second-order valence-electron chi connectivity index (χ2n) is 5.86. The van der Waals surface area contributed by atoms with Gasteiger partial charge in [-0.1, -0.05) is 60.3 Å². The Balaban J connectivity index is 1.45. The lowest BCUT2D eigenvalue weighted by atomic mass is 10.00. The summed E-state index contributed by atoms with van der Waals surface area (Å²) in [4.78, 5) is 14.5. The second kappa shape index (κ2) is 6.61. The lowest BCUT2D eigenvalue weighted by molar-refractivity contribution is -0.129. The maximum absolute atomic E-state index is 12.6.